The topological polar surface area (TPSA) is 63.8 Å². The molecule has 1 N–H and O–H groups in total. The number of nitrogens with zero attached hydrogens (tertiary/aromatic N) is 2. The van der Waals surface area contributed by atoms with Crippen LogP contribution in [0.15, 0.2) is 18.3 Å². The third-order valence-corrected chi connectivity index (χ3v) is 4.58. The molecule has 1 aliphatic carbocycles. The molecule has 0 amide bonds. The lowest BCUT2D eigenvalue weighted by atomic mass is 9.90. The van der Waals surface area contributed by atoms with Gasteiger partial charge in [0.25, 0.3) is 0 Å². The van der Waals surface area contributed by atoms with E-state index in [1.54, 1.807) is 10.6 Å². The summed E-state index contributed by atoms with van der Waals surface area (Å²) >= 11 is 0. The summed E-state index contributed by atoms with van der Waals surface area (Å²) in [4.78, 5) is 16.1. The predicted molar refractivity (Wildman–Crippen MR) is 88.2 cm³/mol. The van der Waals surface area contributed by atoms with Gasteiger partial charge in [0, 0.05) is 6.20 Å². The van der Waals surface area contributed by atoms with Crippen LogP contribution in [-0.2, 0) is 6.42 Å². The van der Waals surface area contributed by atoms with E-state index in [9.17, 15) is 9.90 Å². The molecule has 0 aromatic carbocycles. The number of aromatic nitrogens is 2. The third kappa shape index (κ3) is 3.33. The molecule has 2 heterocycles. The first-order valence-corrected chi connectivity index (χ1v) is 8.56. The van der Waals surface area contributed by atoms with Crippen molar-refractivity contribution in [2.24, 2.45) is 5.92 Å². The van der Waals surface area contributed by atoms with E-state index >= 15 is 0 Å². The molecule has 0 bridgehead atoms. The first-order chi connectivity index (χ1) is 11.2. The summed E-state index contributed by atoms with van der Waals surface area (Å²) in [6, 6.07) is 3.71. The van der Waals surface area contributed by atoms with Gasteiger partial charge < -0.3 is 9.84 Å². The lowest BCUT2D eigenvalue weighted by Crippen LogP contribution is -2.15. The lowest BCUT2D eigenvalue weighted by molar-refractivity contribution is 0.0688. The van der Waals surface area contributed by atoms with Gasteiger partial charge in [-0.15, -0.1) is 0 Å². The minimum Gasteiger partial charge on any atom is -0.489 e. The van der Waals surface area contributed by atoms with Crippen molar-refractivity contribution in [3.8, 4) is 5.75 Å². The number of hydrogen-bond donors (Lipinski definition) is 1. The number of imidazole rings is 1. The van der Waals surface area contributed by atoms with Gasteiger partial charge >= 0.3 is 5.97 Å². The van der Waals surface area contributed by atoms with Crippen LogP contribution in [-0.4, -0.2) is 27.1 Å². The van der Waals surface area contributed by atoms with Crippen molar-refractivity contribution in [1.82, 2.24) is 9.38 Å². The van der Waals surface area contributed by atoms with E-state index in [0.29, 0.717) is 36.0 Å². The Labute approximate surface area is 136 Å². The maximum Gasteiger partial charge on any atom is 0.354 e. The van der Waals surface area contributed by atoms with Gasteiger partial charge in [0.15, 0.2) is 17.1 Å². The summed E-state index contributed by atoms with van der Waals surface area (Å²) in [6.07, 6.45) is 9.61. The molecular formula is C18H24N2O3. The third-order valence-electron chi connectivity index (χ3n) is 4.58. The Bertz CT molecular complexity index is 687. The average molecular weight is 316 g/mol. The average Bonchev–Trinajstić information content (AvgIpc) is 2.93. The first kappa shape index (κ1) is 15.8. The molecule has 1 saturated carbocycles. The summed E-state index contributed by atoms with van der Waals surface area (Å²) in [5, 5.41) is 9.50. The molecule has 0 spiro atoms. The molecule has 0 atom stereocenters. The number of carbonyl (C=O) groups is 1. The second-order valence-electron chi connectivity index (χ2n) is 6.34. The highest BCUT2D eigenvalue weighted by molar-refractivity contribution is 5.88. The maximum atomic E-state index is 11.6. The monoisotopic (exact) mass is 316 g/mol. The number of carboxylic acids is 1. The fraction of sp³-hybridized carbons (Fsp3) is 0.556. The van der Waals surface area contributed by atoms with Gasteiger partial charge in [-0.2, -0.15) is 0 Å². The zero-order chi connectivity index (χ0) is 16.2. The number of rotatable bonds is 6. The molecule has 1 fully saturated rings. The van der Waals surface area contributed by atoms with Crippen LogP contribution in [0.2, 0.25) is 0 Å². The highest BCUT2D eigenvalue weighted by Gasteiger charge is 2.21. The fourth-order valence-electron chi connectivity index (χ4n) is 3.40. The summed E-state index contributed by atoms with van der Waals surface area (Å²) in [7, 11) is 0. The molecule has 5 nitrogen and oxygen atoms in total. The van der Waals surface area contributed by atoms with Gasteiger partial charge in [0.1, 0.15) is 0 Å². The van der Waals surface area contributed by atoms with Crippen molar-refractivity contribution in [3.05, 3.63) is 29.7 Å². The van der Waals surface area contributed by atoms with E-state index in [1.165, 1.54) is 32.1 Å². The van der Waals surface area contributed by atoms with Crippen molar-refractivity contribution in [2.45, 2.75) is 51.9 Å². The molecule has 124 valence electrons. The van der Waals surface area contributed by atoms with Crippen LogP contribution in [0.5, 0.6) is 5.75 Å². The predicted octanol–water partition coefficient (Wildman–Crippen LogP) is 3.94. The maximum absolute atomic E-state index is 11.6. The Morgan fingerprint density at radius 1 is 1.39 bits per heavy atom. The highest BCUT2D eigenvalue weighted by atomic mass is 16.5. The Balaban J connectivity index is 1.88. The van der Waals surface area contributed by atoms with E-state index in [2.05, 4.69) is 4.98 Å². The summed E-state index contributed by atoms with van der Waals surface area (Å²) in [5.41, 5.74) is 1.50. The van der Waals surface area contributed by atoms with Gasteiger partial charge in [0.05, 0.1) is 12.3 Å². The van der Waals surface area contributed by atoms with Crippen molar-refractivity contribution < 1.29 is 14.6 Å². The molecule has 0 aliphatic heterocycles. The van der Waals surface area contributed by atoms with E-state index < -0.39 is 5.97 Å². The molecule has 1 aliphatic rings. The zero-order valence-corrected chi connectivity index (χ0v) is 13.6. The Morgan fingerprint density at radius 2 is 2.17 bits per heavy atom. The fourth-order valence-corrected chi connectivity index (χ4v) is 3.40. The lowest BCUT2D eigenvalue weighted by Gasteiger charge is -2.21. The van der Waals surface area contributed by atoms with Crippen molar-refractivity contribution in [1.29, 1.82) is 0 Å². The molecule has 5 heteroatoms. The molecule has 0 unspecified atom stereocenters. The van der Waals surface area contributed by atoms with Crippen LogP contribution >= 0.6 is 0 Å². The normalized spacial score (nSPS) is 15.9. The number of carboxylic acid groups (broad SMARTS) is 1. The zero-order valence-electron chi connectivity index (χ0n) is 13.6. The van der Waals surface area contributed by atoms with Gasteiger partial charge in [-0.25, -0.2) is 9.78 Å². The molecule has 2 aromatic heterocycles. The van der Waals surface area contributed by atoms with Gasteiger partial charge in [-0.3, -0.25) is 4.40 Å². The van der Waals surface area contributed by atoms with Crippen molar-refractivity contribution in [3.63, 3.8) is 0 Å². The minimum absolute atomic E-state index is 0.255. The van der Waals surface area contributed by atoms with Gasteiger partial charge in [-0.1, -0.05) is 32.6 Å². The van der Waals surface area contributed by atoms with E-state index in [0.717, 1.165) is 6.42 Å². The van der Waals surface area contributed by atoms with Crippen LogP contribution in [0, 0.1) is 5.92 Å². The largest absolute Gasteiger partial charge is 0.489 e. The van der Waals surface area contributed by atoms with E-state index in [4.69, 9.17) is 4.74 Å². The number of fused-ring (bicyclic) bond motifs is 1. The number of aryl methyl sites for hydroxylation is 1. The van der Waals surface area contributed by atoms with Crippen LogP contribution in [0.25, 0.3) is 5.65 Å². The second kappa shape index (κ2) is 7.02. The summed E-state index contributed by atoms with van der Waals surface area (Å²) in [5.74, 6) is 0.348. The van der Waals surface area contributed by atoms with Crippen LogP contribution in [0.3, 0.4) is 0 Å². The summed E-state index contributed by atoms with van der Waals surface area (Å²) in [6.45, 7) is 2.72. The second-order valence-corrected chi connectivity index (χ2v) is 6.34. The number of aromatic carboxylic acids is 1. The molecule has 23 heavy (non-hydrogen) atoms. The Kier molecular flexibility index (Phi) is 4.84. The smallest absolute Gasteiger partial charge is 0.354 e. The number of pyridine rings is 1. The van der Waals surface area contributed by atoms with E-state index in [-0.39, 0.29) is 5.69 Å². The Morgan fingerprint density at radius 3 is 2.87 bits per heavy atom. The quantitative estimate of drug-likeness (QED) is 0.876. The SMILES string of the molecule is CCCc1nc2c(OCC3CCCCC3)cccn2c1C(=O)O. The molecule has 2 aromatic rings. The number of hydrogen-bond acceptors (Lipinski definition) is 3. The highest BCUT2D eigenvalue weighted by Crippen LogP contribution is 2.27. The number of ether oxygens (including phenoxy) is 1. The Hall–Kier alpha value is -2.04. The first-order valence-electron chi connectivity index (χ1n) is 8.56. The van der Waals surface area contributed by atoms with Crippen LogP contribution in [0.4, 0.5) is 0 Å². The van der Waals surface area contributed by atoms with Gasteiger partial charge in [-0.05, 0) is 37.3 Å². The molecule has 0 radical (unpaired) electrons. The van der Waals surface area contributed by atoms with Crippen molar-refractivity contribution in [2.75, 3.05) is 6.61 Å². The molecule has 3 rings (SSSR count). The minimum atomic E-state index is -0.939. The summed E-state index contributed by atoms with van der Waals surface area (Å²) < 4.78 is 7.65. The van der Waals surface area contributed by atoms with E-state index in [1.807, 2.05) is 19.1 Å². The van der Waals surface area contributed by atoms with Crippen LogP contribution in [0.1, 0.15) is 61.6 Å². The molecular weight excluding hydrogens is 292 g/mol. The van der Waals surface area contributed by atoms with Crippen LogP contribution < -0.4 is 4.74 Å². The molecule has 0 saturated heterocycles. The standard InChI is InChI=1S/C18H24N2O3/c1-2-7-14-16(18(21)22)20-11-6-10-15(17(20)19-14)23-12-13-8-4-3-5-9-13/h6,10-11,13H,2-5,7-9,12H2,1H3,(H,21,22). The van der Waals surface area contributed by atoms with Gasteiger partial charge in [0.2, 0.25) is 0 Å². The van der Waals surface area contributed by atoms with Crippen molar-refractivity contribution >= 4 is 11.6 Å².